The van der Waals surface area contributed by atoms with Crippen LogP contribution in [0.15, 0.2) is 237 Å². The molecular formula is C54H39N2OP. The zero-order valence-electron chi connectivity index (χ0n) is 31.8. The number of nitrogens with zero attached hydrogens (tertiary/aromatic N) is 2. The van der Waals surface area contributed by atoms with Crippen molar-refractivity contribution in [2.24, 2.45) is 0 Å². The first-order valence-electron chi connectivity index (χ1n) is 19.6. The number of hydrogen-bond donors (Lipinski definition) is 0. The predicted molar refractivity (Wildman–Crippen MR) is 245 cm³/mol. The number of hydrogen-bond acceptors (Lipinski definition) is 3. The van der Waals surface area contributed by atoms with Crippen molar-refractivity contribution in [1.29, 1.82) is 0 Å². The summed E-state index contributed by atoms with van der Waals surface area (Å²) in [7, 11) is -3.15. The fourth-order valence-electron chi connectivity index (χ4n) is 8.31. The lowest BCUT2D eigenvalue weighted by Gasteiger charge is -2.26. The molecule has 4 heteroatoms. The Bertz CT molecular complexity index is 2660. The van der Waals surface area contributed by atoms with Gasteiger partial charge in [0, 0.05) is 50.0 Å². The molecule has 0 fully saturated rings. The molecule has 0 saturated carbocycles. The smallest absolute Gasteiger partial charge is 0.172 e. The summed E-state index contributed by atoms with van der Waals surface area (Å²) in [6.45, 7) is 0. The van der Waals surface area contributed by atoms with E-state index in [1.807, 2.05) is 54.6 Å². The summed E-state index contributed by atoms with van der Waals surface area (Å²) in [4.78, 5) is 4.57. The average molecular weight is 763 g/mol. The Hall–Kier alpha value is -7.19. The van der Waals surface area contributed by atoms with Crippen molar-refractivity contribution in [3.05, 3.63) is 237 Å². The molecule has 0 radical (unpaired) electrons. The molecule has 58 heavy (non-hydrogen) atoms. The Labute approximate surface area is 340 Å². The highest BCUT2D eigenvalue weighted by molar-refractivity contribution is 7.86. The summed E-state index contributed by atoms with van der Waals surface area (Å²) in [6.07, 6.45) is 0. The van der Waals surface area contributed by atoms with Gasteiger partial charge >= 0.3 is 0 Å². The van der Waals surface area contributed by atoms with E-state index in [9.17, 15) is 0 Å². The van der Waals surface area contributed by atoms with Crippen molar-refractivity contribution in [3.8, 4) is 33.4 Å². The SMILES string of the molecule is O=P1(c2ccccc2)c2ccc(-c3cccc(N(c4ccccc4)c4ccccc4)c3)cc2-c2cc(-c3cccc(N(c4ccccc4)c4ccccc4)c3)ccc21. The second kappa shape index (κ2) is 15.0. The number of fused-ring (bicyclic) bond motifs is 3. The van der Waals surface area contributed by atoms with Crippen LogP contribution in [0.4, 0.5) is 34.1 Å². The summed E-state index contributed by atoms with van der Waals surface area (Å²) in [6, 6.07) is 82.3. The topological polar surface area (TPSA) is 23.6 Å². The van der Waals surface area contributed by atoms with Gasteiger partial charge in [-0.3, -0.25) is 0 Å². The zero-order valence-corrected chi connectivity index (χ0v) is 32.7. The first-order valence-corrected chi connectivity index (χ1v) is 21.3. The maximum absolute atomic E-state index is 15.7. The van der Waals surface area contributed by atoms with E-state index in [2.05, 4.69) is 192 Å². The minimum atomic E-state index is -3.15. The van der Waals surface area contributed by atoms with E-state index < -0.39 is 7.14 Å². The first-order chi connectivity index (χ1) is 28.6. The molecule has 0 aliphatic carbocycles. The van der Waals surface area contributed by atoms with Gasteiger partial charge in [-0.2, -0.15) is 0 Å². The van der Waals surface area contributed by atoms with Crippen LogP contribution in [-0.4, -0.2) is 0 Å². The summed E-state index contributed by atoms with van der Waals surface area (Å²) >= 11 is 0. The van der Waals surface area contributed by atoms with E-state index in [0.717, 1.165) is 83.4 Å². The van der Waals surface area contributed by atoms with Crippen LogP contribution >= 0.6 is 7.14 Å². The Balaban J connectivity index is 1.10. The first kappa shape index (κ1) is 35.2. The molecule has 0 unspecified atom stereocenters. The van der Waals surface area contributed by atoms with E-state index in [-0.39, 0.29) is 0 Å². The molecule has 10 rings (SSSR count). The summed E-state index contributed by atoms with van der Waals surface area (Å²) in [5, 5.41) is 2.62. The van der Waals surface area contributed by atoms with E-state index >= 15 is 4.57 Å². The minimum Gasteiger partial charge on any atom is -0.310 e. The van der Waals surface area contributed by atoms with Crippen LogP contribution in [0.5, 0.6) is 0 Å². The van der Waals surface area contributed by atoms with Gasteiger partial charge in [-0.1, -0.05) is 140 Å². The molecule has 0 atom stereocenters. The van der Waals surface area contributed by atoms with E-state index in [1.165, 1.54) is 0 Å². The maximum atomic E-state index is 15.7. The Morgan fingerprint density at radius 2 is 0.586 bits per heavy atom. The number of anilines is 6. The Morgan fingerprint density at radius 3 is 0.948 bits per heavy atom. The highest BCUT2D eigenvalue weighted by Gasteiger charge is 2.40. The molecule has 0 amide bonds. The third kappa shape index (κ3) is 6.33. The number of benzene rings is 9. The minimum absolute atomic E-state index is 0.849. The Kier molecular flexibility index (Phi) is 9.14. The van der Waals surface area contributed by atoms with Crippen LogP contribution in [0.25, 0.3) is 33.4 Å². The lowest BCUT2D eigenvalue weighted by atomic mass is 9.95. The fraction of sp³-hybridized carbons (Fsp3) is 0. The van der Waals surface area contributed by atoms with Crippen molar-refractivity contribution in [3.63, 3.8) is 0 Å². The zero-order chi connectivity index (χ0) is 38.9. The summed E-state index contributed by atoms with van der Waals surface area (Å²) < 4.78 is 15.7. The van der Waals surface area contributed by atoms with Gasteiger partial charge in [0.25, 0.3) is 0 Å². The average Bonchev–Trinajstić information content (AvgIpc) is 3.56. The maximum Gasteiger partial charge on any atom is 0.172 e. The molecule has 3 nitrogen and oxygen atoms in total. The molecule has 0 saturated heterocycles. The third-order valence-corrected chi connectivity index (χ3v) is 14.2. The third-order valence-electron chi connectivity index (χ3n) is 11.0. The van der Waals surface area contributed by atoms with Crippen molar-refractivity contribution in [2.45, 2.75) is 0 Å². The van der Waals surface area contributed by atoms with Crippen molar-refractivity contribution in [2.75, 3.05) is 9.80 Å². The fourth-order valence-corrected chi connectivity index (χ4v) is 11.3. The lowest BCUT2D eigenvalue weighted by Crippen LogP contribution is -2.20. The van der Waals surface area contributed by atoms with Gasteiger partial charge in [0.15, 0.2) is 7.14 Å². The molecule has 276 valence electrons. The second-order valence-corrected chi connectivity index (χ2v) is 17.2. The molecule has 0 spiro atoms. The molecule has 0 N–H and O–H groups in total. The van der Waals surface area contributed by atoms with Crippen molar-refractivity contribution in [1.82, 2.24) is 0 Å². The molecule has 0 aromatic heterocycles. The highest BCUT2D eigenvalue weighted by atomic mass is 31.2. The highest BCUT2D eigenvalue weighted by Crippen LogP contribution is 2.53. The molecule has 9 aromatic carbocycles. The molecule has 9 aromatic rings. The number of para-hydroxylation sites is 4. The van der Waals surface area contributed by atoms with Gasteiger partial charge < -0.3 is 14.4 Å². The monoisotopic (exact) mass is 762 g/mol. The van der Waals surface area contributed by atoms with Gasteiger partial charge in [0.05, 0.1) is 0 Å². The molecule has 1 heterocycles. The second-order valence-electron chi connectivity index (χ2n) is 14.5. The van der Waals surface area contributed by atoms with Crippen LogP contribution in [0.2, 0.25) is 0 Å². The largest absolute Gasteiger partial charge is 0.310 e. The van der Waals surface area contributed by atoms with Gasteiger partial charge in [-0.15, -0.1) is 0 Å². The van der Waals surface area contributed by atoms with Crippen LogP contribution < -0.4 is 25.7 Å². The normalized spacial score (nSPS) is 12.3. The molecular weight excluding hydrogens is 724 g/mol. The molecule has 1 aliphatic rings. The summed E-state index contributed by atoms with van der Waals surface area (Å²) in [5.74, 6) is 0. The van der Waals surface area contributed by atoms with Crippen LogP contribution in [-0.2, 0) is 4.57 Å². The van der Waals surface area contributed by atoms with Crippen LogP contribution in [0.3, 0.4) is 0 Å². The predicted octanol–water partition coefficient (Wildman–Crippen LogP) is 13.6. The standard InChI is InChI=1S/C54H39N2OP/c57-58(50-30-14-5-15-31-50)53-34-32-42(40-18-16-28-48(36-40)55(44-20-6-1-7-21-44)45-22-8-2-9-23-45)38-51(53)52-39-43(33-35-54(52)58)41-19-17-29-49(37-41)56(46-24-10-3-11-25-46)47-26-12-4-13-27-47/h1-39H. The van der Waals surface area contributed by atoms with Gasteiger partial charge in [-0.05, 0) is 130 Å². The molecule has 1 aliphatic heterocycles. The van der Waals surface area contributed by atoms with Crippen molar-refractivity contribution < 1.29 is 4.57 Å². The quantitative estimate of drug-likeness (QED) is 0.137. The lowest BCUT2D eigenvalue weighted by molar-refractivity contribution is 0.593. The van der Waals surface area contributed by atoms with Crippen molar-refractivity contribution >= 4 is 57.2 Å². The van der Waals surface area contributed by atoms with E-state index in [1.54, 1.807) is 0 Å². The van der Waals surface area contributed by atoms with Gasteiger partial charge in [0.1, 0.15) is 0 Å². The summed E-state index contributed by atoms with van der Waals surface area (Å²) in [5.41, 5.74) is 12.8. The molecule has 0 bridgehead atoms. The van der Waals surface area contributed by atoms with E-state index in [4.69, 9.17) is 0 Å². The van der Waals surface area contributed by atoms with Crippen LogP contribution in [0.1, 0.15) is 0 Å². The van der Waals surface area contributed by atoms with Gasteiger partial charge in [0.2, 0.25) is 0 Å². The number of rotatable bonds is 9. The van der Waals surface area contributed by atoms with Crippen LogP contribution in [0, 0.1) is 0 Å². The van der Waals surface area contributed by atoms with Gasteiger partial charge in [-0.25, -0.2) is 0 Å². The Morgan fingerprint density at radius 1 is 0.276 bits per heavy atom. The van der Waals surface area contributed by atoms with E-state index in [0.29, 0.717) is 0 Å².